The molecule has 0 atom stereocenters. The largest absolute Gasteiger partial charge is 0.492 e. The number of hydrogen-bond donors (Lipinski definition) is 2. The Morgan fingerprint density at radius 2 is 2.12 bits per heavy atom. The molecule has 1 aromatic carbocycles. The van der Waals surface area contributed by atoms with E-state index in [0.29, 0.717) is 6.61 Å². The lowest BCUT2D eigenvalue weighted by Crippen LogP contribution is -2.22. The van der Waals surface area contributed by atoms with Crippen molar-refractivity contribution in [3.05, 3.63) is 29.8 Å². The van der Waals surface area contributed by atoms with Crippen LogP contribution < -0.4 is 10.1 Å². The minimum Gasteiger partial charge on any atom is -0.492 e. The molecule has 2 N–H and O–H groups in total. The van der Waals surface area contributed by atoms with Crippen LogP contribution in [0.5, 0.6) is 5.75 Å². The van der Waals surface area contributed by atoms with Crippen molar-refractivity contribution in [2.75, 3.05) is 26.3 Å². The number of aliphatic hydroxyl groups excluding tert-OH is 1. The number of unbranched alkanes of at least 4 members (excludes halogenated alkanes) is 1. The highest BCUT2D eigenvalue weighted by Crippen LogP contribution is 2.11. The summed E-state index contributed by atoms with van der Waals surface area (Å²) in [5.41, 5.74) is 1.22. The van der Waals surface area contributed by atoms with Gasteiger partial charge in [-0.05, 0) is 44.0 Å². The van der Waals surface area contributed by atoms with E-state index in [1.54, 1.807) is 0 Å². The van der Waals surface area contributed by atoms with Gasteiger partial charge in [0, 0.05) is 13.2 Å². The van der Waals surface area contributed by atoms with Crippen LogP contribution in [0.3, 0.4) is 0 Å². The fourth-order valence-electron chi connectivity index (χ4n) is 1.43. The average molecular weight is 223 g/mol. The van der Waals surface area contributed by atoms with Crippen molar-refractivity contribution in [3.63, 3.8) is 0 Å². The second-order valence-electron chi connectivity index (χ2n) is 3.85. The van der Waals surface area contributed by atoms with E-state index in [1.165, 1.54) is 5.56 Å². The summed E-state index contributed by atoms with van der Waals surface area (Å²) in [5, 5.41) is 11.9. The van der Waals surface area contributed by atoms with Crippen LogP contribution in [-0.2, 0) is 0 Å². The third kappa shape index (κ3) is 5.73. The zero-order valence-electron chi connectivity index (χ0n) is 9.91. The van der Waals surface area contributed by atoms with Gasteiger partial charge >= 0.3 is 0 Å². The van der Waals surface area contributed by atoms with Gasteiger partial charge in [-0.25, -0.2) is 0 Å². The van der Waals surface area contributed by atoms with E-state index in [2.05, 4.69) is 18.3 Å². The molecule has 3 nitrogen and oxygen atoms in total. The van der Waals surface area contributed by atoms with Crippen LogP contribution in [0, 0.1) is 6.92 Å². The highest BCUT2D eigenvalue weighted by molar-refractivity contribution is 5.27. The highest BCUT2D eigenvalue weighted by atomic mass is 16.5. The molecule has 0 bridgehead atoms. The molecule has 90 valence electrons. The van der Waals surface area contributed by atoms with E-state index in [0.717, 1.165) is 31.7 Å². The summed E-state index contributed by atoms with van der Waals surface area (Å²) in [6.07, 6.45) is 1.88. The zero-order valence-corrected chi connectivity index (χ0v) is 9.91. The predicted octanol–water partition coefficient (Wildman–Crippen LogP) is 1.74. The first-order valence-electron chi connectivity index (χ1n) is 5.84. The van der Waals surface area contributed by atoms with Gasteiger partial charge in [0.15, 0.2) is 0 Å². The molecule has 0 heterocycles. The smallest absolute Gasteiger partial charge is 0.119 e. The number of rotatable bonds is 8. The first kappa shape index (κ1) is 13.0. The molecule has 3 heteroatoms. The Kier molecular flexibility index (Phi) is 6.61. The van der Waals surface area contributed by atoms with Crippen molar-refractivity contribution in [2.45, 2.75) is 19.8 Å². The highest BCUT2D eigenvalue weighted by Gasteiger charge is 1.93. The maximum Gasteiger partial charge on any atom is 0.119 e. The Balaban J connectivity index is 2.03. The standard InChI is InChI=1S/C13H21NO2/c1-12-5-4-6-13(11-12)16-10-8-14-7-2-3-9-15/h4-6,11,14-15H,2-3,7-10H2,1H3. The number of aliphatic hydroxyl groups is 1. The maximum atomic E-state index is 8.59. The Hall–Kier alpha value is -1.06. The number of benzene rings is 1. The van der Waals surface area contributed by atoms with Crippen molar-refractivity contribution < 1.29 is 9.84 Å². The van der Waals surface area contributed by atoms with Gasteiger partial charge in [-0.15, -0.1) is 0 Å². The van der Waals surface area contributed by atoms with Crippen molar-refractivity contribution >= 4 is 0 Å². The summed E-state index contributed by atoms with van der Waals surface area (Å²) in [4.78, 5) is 0. The fourth-order valence-corrected chi connectivity index (χ4v) is 1.43. The van der Waals surface area contributed by atoms with Gasteiger partial charge in [0.25, 0.3) is 0 Å². The van der Waals surface area contributed by atoms with E-state index in [1.807, 2.05) is 18.2 Å². The van der Waals surface area contributed by atoms with Crippen molar-refractivity contribution in [3.8, 4) is 5.75 Å². The van der Waals surface area contributed by atoms with Crippen LogP contribution in [0.25, 0.3) is 0 Å². The minimum absolute atomic E-state index is 0.279. The first-order chi connectivity index (χ1) is 7.83. The molecule has 0 aliphatic heterocycles. The molecule has 16 heavy (non-hydrogen) atoms. The average Bonchev–Trinajstić information content (AvgIpc) is 2.28. The molecule has 0 aliphatic rings. The van der Waals surface area contributed by atoms with E-state index in [9.17, 15) is 0 Å². The SMILES string of the molecule is Cc1cccc(OCCNCCCCO)c1. The molecule has 0 aliphatic carbocycles. The fraction of sp³-hybridized carbons (Fsp3) is 0.538. The van der Waals surface area contributed by atoms with Gasteiger partial charge in [0.1, 0.15) is 12.4 Å². The van der Waals surface area contributed by atoms with E-state index in [4.69, 9.17) is 9.84 Å². The first-order valence-corrected chi connectivity index (χ1v) is 5.84. The Bertz CT molecular complexity index is 289. The lowest BCUT2D eigenvalue weighted by atomic mass is 10.2. The van der Waals surface area contributed by atoms with Crippen LogP contribution in [0.4, 0.5) is 0 Å². The summed E-state index contributed by atoms with van der Waals surface area (Å²) < 4.78 is 5.58. The van der Waals surface area contributed by atoms with Gasteiger partial charge in [-0.2, -0.15) is 0 Å². The van der Waals surface area contributed by atoms with Gasteiger partial charge < -0.3 is 15.2 Å². The van der Waals surface area contributed by atoms with Crippen LogP contribution in [0.15, 0.2) is 24.3 Å². The monoisotopic (exact) mass is 223 g/mol. The number of nitrogens with one attached hydrogen (secondary N) is 1. The topological polar surface area (TPSA) is 41.5 Å². The quantitative estimate of drug-likeness (QED) is 0.660. The van der Waals surface area contributed by atoms with Crippen LogP contribution in [-0.4, -0.2) is 31.4 Å². The third-order valence-electron chi connectivity index (χ3n) is 2.30. The van der Waals surface area contributed by atoms with Gasteiger partial charge in [-0.3, -0.25) is 0 Å². The second kappa shape index (κ2) is 8.13. The Morgan fingerprint density at radius 1 is 1.25 bits per heavy atom. The predicted molar refractivity (Wildman–Crippen MR) is 65.9 cm³/mol. The molecule has 0 aromatic heterocycles. The van der Waals surface area contributed by atoms with Crippen LogP contribution in [0.2, 0.25) is 0 Å². The molecule has 0 saturated heterocycles. The normalized spacial score (nSPS) is 10.4. The number of aryl methyl sites for hydroxylation is 1. The molecule has 0 fully saturated rings. The molecule has 0 spiro atoms. The molecule has 0 radical (unpaired) electrons. The zero-order chi connectivity index (χ0) is 11.6. The molecule has 0 amide bonds. The molecular formula is C13H21NO2. The van der Waals surface area contributed by atoms with Crippen LogP contribution in [0.1, 0.15) is 18.4 Å². The van der Waals surface area contributed by atoms with Gasteiger partial charge in [-0.1, -0.05) is 12.1 Å². The summed E-state index contributed by atoms with van der Waals surface area (Å²) in [7, 11) is 0. The van der Waals surface area contributed by atoms with E-state index >= 15 is 0 Å². The van der Waals surface area contributed by atoms with Gasteiger partial charge in [0.05, 0.1) is 0 Å². The lowest BCUT2D eigenvalue weighted by Gasteiger charge is -2.07. The lowest BCUT2D eigenvalue weighted by molar-refractivity contribution is 0.281. The van der Waals surface area contributed by atoms with Gasteiger partial charge in [0.2, 0.25) is 0 Å². The summed E-state index contributed by atoms with van der Waals surface area (Å²) in [6, 6.07) is 8.06. The molecule has 1 aromatic rings. The molecule has 0 unspecified atom stereocenters. The summed E-state index contributed by atoms with van der Waals surface area (Å²) in [6.45, 7) is 4.81. The Labute approximate surface area is 97.4 Å². The van der Waals surface area contributed by atoms with E-state index < -0.39 is 0 Å². The second-order valence-corrected chi connectivity index (χ2v) is 3.85. The van der Waals surface area contributed by atoms with Crippen molar-refractivity contribution in [2.24, 2.45) is 0 Å². The van der Waals surface area contributed by atoms with Crippen LogP contribution >= 0.6 is 0 Å². The minimum atomic E-state index is 0.279. The molecule has 1 rings (SSSR count). The summed E-state index contributed by atoms with van der Waals surface area (Å²) >= 11 is 0. The van der Waals surface area contributed by atoms with Crippen molar-refractivity contribution in [1.82, 2.24) is 5.32 Å². The Morgan fingerprint density at radius 3 is 2.88 bits per heavy atom. The number of ether oxygens (including phenoxy) is 1. The summed E-state index contributed by atoms with van der Waals surface area (Å²) in [5.74, 6) is 0.928. The molecule has 0 saturated carbocycles. The molecular weight excluding hydrogens is 202 g/mol. The number of hydrogen-bond acceptors (Lipinski definition) is 3. The van der Waals surface area contributed by atoms with Crippen molar-refractivity contribution in [1.29, 1.82) is 0 Å². The van der Waals surface area contributed by atoms with E-state index in [-0.39, 0.29) is 6.61 Å². The third-order valence-corrected chi connectivity index (χ3v) is 2.30. The maximum absolute atomic E-state index is 8.59.